The highest BCUT2D eigenvalue weighted by atomic mass is 19.1. The molecule has 74 valence electrons. The van der Waals surface area contributed by atoms with Crippen LogP contribution in [-0.4, -0.2) is 10.7 Å². The van der Waals surface area contributed by atoms with Gasteiger partial charge < -0.3 is 5.73 Å². The van der Waals surface area contributed by atoms with Gasteiger partial charge in [0.2, 0.25) is 5.82 Å². The number of carbonyl (C=O) groups is 1. The average Bonchev–Trinajstić information content (AvgIpc) is 2.08. The highest BCUT2D eigenvalue weighted by molar-refractivity contribution is 5.95. The highest BCUT2D eigenvalue weighted by Gasteiger charge is 2.19. The van der Waals surface area contributed by atoms with Gasteiger partial charge >= 0.3 is 5.69 Å². The van der Waals surface area contributed by atoms with Crippen molar-refractivity contribution >= 4 is 17.2 Å². The smallest absolute Gasteiger partial charge is 0.307 e. The molecular formula is C8H7FN2O3. The zero-order valence-electron chi connectivity index (χ0n) is 7.28. The minimum Gasteiger partial charge on any atom is -0.396 e. The van der Waals surface area contributed by atoms with Crippen molar-refractivity contribution in [3.63, 3.8) is 0 Å². The number of hydrogen-bond acceptors (Lipinski definition) is 4. The Morgan fingerprint density at radius 2 is 2.14 bits per heavy atom. The van der Waals surface area contributed by atoms with Crippen LogP contribution in [0.25, 0.3) is 0 Å². The summed E-state index contributed by atoms with van der Waals surface area (Å²) in [5.74, 6) is -1.51. The fraction of sp³-hybridized carbons (Fsp3) is 0.125. The van der Waals surface area contributed by atoms with Gasteiger partial charge in [0.1, 0.15) is 0 Å². The van der Waals surface area contributed by atoms with Crippen molar-refractivity contribution in [3.05, 3.63) is 33.6 Å². The maximum Gasteiger partial charge on any atom is 0.307 e. The van der Waals surface area contributed by atoms with Crippen LogP contribution in [0.4, 0.5) is 15.8 Å². The van der Waals surface area contributed by atoms with Gasteiger partial charge in [-0.1, -0.05) is 0 Å². The van der Waals surface area contributed by atoms with E-state index in [0.29, 0.717) is 0 Å². The lowest BCUT2D eigenvalue weighted by Gasteiger charge is -2.00. The van der Waals surface area contributed by atoms with Crippen molar-refractivity contribution < 1.29 is 14.1 Å². The van der Waals surface area contributed by atoms with Gasteiger partial charge in [0.15, 0.2) is 5.78 Å². The normalized spacial score (nSPS) is 9.86. The number of halogens is 1. The second-order valence-electron chi connectivity index (χ2n) is 2.71. The number of carbonyl (C=O) groups excluding carboxylic acids is 1. The highest BCUT2D eigenvalue weighted by Crippen LogP contribution is 2.24. The van der Waals surface area contributed by atoms with Crippen molar-refractivity contribution in [2.75, 3.05) is 5.73 Å². The quantitative estimate of drug-likeness (QED) is 0.338. The number of nitrogens with two attached hydrogens (primary N) is 1. The lowest BCUT2D eigenvalue weighted by Crippen LogP contribution is -2.02. The van der Waals surface area contributed by atoms with Gasteiger partial charge in [0, 0.05) is 11.6 Å². The lowest BCUT2D eigenvalue weighted by molar-refractivity contribution is -0.387. The zero-order valence-corrected chi connectivity index (χ0v) is 7.28. The number of benzene rings is 1. The molecule has 1 aromatic rings. The molecule has 0 spiro atoms. The first-order valence-electron chi connectivity index (χ1n) is 3.68. The molecule has 0 aliphatic heterocycles. The first-order valence-corrected chi connectivity index (χ1v) is 3.68. The Hall–Kier alpha value is -1.98. The van der Waals surface area contributed by atoms with Crippen LogP contribution in [-0.2, 0) is 0 Å². The molecule has 0 radical (unpaired) electrons. The Kier molecular flexibility index (Phi) is 2.46. The molecular weight excluding hydrogens is 191 g/mol. The third-order valence-corrected chi connectivity index (χ3v) is 1.68. The minimum absolute atomic E-state index is 0.0237. The lowest BCUT2D eigenvalue weighted by atomic mass is 10.1. The average molecular weight is 198 g/mol. The van der Waals surface area contributed by atoms with Crippen molar-refractivity contribution in [3.8, 4) is 0 Å². The van der Waals surface area contributed by atoms with Gasteiger partial charge in [0.05, 0.1) is 10.6 Å². The minimum atomic E-state index is -1.11. The molecule has 1 rings (SSSR count). The molecule has 0 amide bonds. The van der Waals surface area contributed by atoms with Crippen molar-refractivity contribution in [2.45, 2.75) is 6.92 Å². The van der Waals surface area contributed by atoms with Gasteiger partial charge in [-0.05, 0) is 13.0 Å². The van der Waals surface area contributed by atoms with E-state index in [0.717, 1.165) is 12.1 Å². The molecule has 0 atom stereocenters. The monoisotopic (exact) mass is 198 g/mol. The van der Waals surface area contributed by atoms with Gasteiger partial charge in [-0.15, -0.1) is 0 Å². The molecule has 0 saturated heterocycles. The number of rotatable bonds is 2. The van der Waals surface area contributed by atoms with E-state index in [4.69, 9.17) is 5.73 Å². The fourth-order valence-corrected chi connectivity index (χ4v) is 0.967. The van der Waals surface area contributed by atoms with Crippen molar-refractivity contribution in [1.29, 1.82) is 0 Å². The summed E-state index contributed by atoms with van der Waals surface area (Å²) in [6, 6.07) is 1.94. The van der Waals surface area contributed by atoms with E-state index in [2.05, 4.69) is 0 Å². The zero-order chi connectivity index (χ0) is 10.9. The largest absolute Gasteiger partial charge is 0.396 e. The summed E-state index contributed by atoms with van der Waals surface area (Å²) >= 11 is 0. The van der Waals surface area contributed by atoms with Crippen molar-refractivity contribution in [2.24, 2.45) is 0 Å². The summed E-state index contributed by atoms with van der Waals surface area (Å²) in [4.78, 5) is 20.3. The van der Waals surface area contributed by atoms with E-state index in [-0.39, 0.29) is 5.56 Å². The second-order valence-corrected chi connectivity index (χ2v) is 2.71. The van der Waals surface area contributed by atoms with Gasteiger partial charge in [-0.3, -0.25) is 14.9 Å². The predicted molar refractivity (Wildman–Crippen MR) is 47.5 cm³/mol. The molecule has 5 nitrogen and oxygen atoms in total. The molecule has 0 aliphatic carbocycles. The van der Waals surface area contributed by atoms with Crippen LogP contribution in [0, 0.1) is 15.9 Å². The van der Waals surface area contributed by atoms with E-state index in [9.17, 15) is 19.3 Å². The fourth-order valence-electron chi connectivity index (χ4n) is 0.967. The number of Topliss-reactive ketones (excluding diaryl/α,β-unsaturated/α-hetero) is 1. The molecule has 1 aromatic carbocycles. The van der Waals surface area contributed by atoms with E-state index in [1.807, 2.05) is 0 Å². The molecule has 6 heteroatoms. The van der Waals surface area contributed by atoms with E-state index >= 15 is 0 Å². The number of nitro benzene ring substituents is 1. The van der Waals surface area contributed by atoms with Gasteiger partial charge in [0.25, 0.3) is 0 Å². The van der Waals surface area contributed by atoms with Crippen LogP contribution in [0.1, 0.15) is 17.3 Å². The number of nitrogens with zero attached hydrogens (tertiary/aromatic N) is 1. The summed E-state index contributed by atoms with van der Waals surface area (Å²) in [6.07, 6.45) is 0. The van der Waals surface area contributed by atoms with Gasteiger partial charge in [-0.2, -0.15) is 4.39 Å². The van der Waals surface area contributed by atoms with Crippen molar-refractivity contribution in [1.82, 2.24) is 0 Å². The molecule has 0 unspecified atom stereocenters. The van der Waals surface area contributed by atoms with Crippen LogP contribution < -0.4 is 5.73 Å². The molecule has 0 aromatic heterocycles. The van der Waals surface area contributed by atoms with E-state index in [1.54, 1.807) is 0 Å². The number of anilines is 1. The Balaban J connectivity index is 3.43. The molecule has 2 N–H and O–H groups in total. The Bertz CT molecular complexity index is 417. The maximum atomic E-state index is 13.0. The molecule has 0 fully saturated rings. The molecule has 0 bridgehead atoms. The number of nitro groups is 1. The first kappa shape index (κ1) is 10.1. The summed E-state index contributed by atoms with van der Waals surface area (Å²) < 4.78 is 13.0. The molecule has 0 aliphatic rings. The van der Waals surface area contributed by atoms with Crippen LogP contribution in [0.2, 0.25) is 0 Å². The summed E-state index contributed by atoms with van der Waals surface area (Å²) in [5, 5.41) is 10.3. The molecule has 0 saturated carbocycles. The third-order valence-electron chi connectivity index (χ3n) is 1.68. The predicted octanol–water partition coefficient (Wildman–Crippen LogP) is 1.52. The number of hydrogen-bond donors (Lipinski definition) is 1. The Morgan fingerprint density at radius 3 is 2.57 bits per heavy atom. The SMILES string of the molecule is CC(=O)c1cc(N)c(F)c([N+](=O)[O-])c1. The maximum absolute atomic E-state index is 13.0. The number of nitrogen functional groups attached to an aromatic ring is 1. The van der Waals surface area contributed by atoms with Crippen LogP contribution in [0.5, 0.6) is 0 Å². The first-order chi connectivity index (χ1) is 6.43. The van der Waals surface area contributed by atoms with Crippen LogP contribution in [0.3, 0.4) is 0 Å². The van der Waals surface area contributed by atoms with E-state index < -0.39 is 27.9 Å². The second kappa shape index (κ2) is 3.41. The summed E-state index contributed by atoms with van der Waals surface area (Å²) in [7, 11) is 0. The number of ketones is 1. The topological polar surface area (TPSA) is 86.2 Å². The van der Waals surface area contributed by atoms with Gasteiger partial charge in [-0.25, -0.2) is 0 Å². The summed E-state index contributed by atoms with van der Waals surface area (Å²) in [6.45, 7) is 1.22. The molecule has 14 heavy (non-hydrogen) atoms. The Morgan fingerprint density at radius 1 is 1.57 bits per heavy atom. The summed E-state index contributed by atoms with van der Waals surface area (Å²) in [5.41, 5.74) is 4.01. The van der Waals surface area contributed by atoms with Crippen LogP contribution >= 0.6 is 0 Å². The third kappa shape index (κ3) is 1.68. The van der Waals surface area contributed by atoms with E-state index in [1.165, 1.54) is 6.92 Å². The Labute approximate surface area is 78.5 Å². The standard InChI is InChI=1S/C8H7FN2O3/c1-4(12)5-2-6(10)8(9)7(3-5)11(13)14/h2-3H,10H2,1H3. The van der Waals surface area contributed by atoms with Crippen LogP contribution in [0.15, 0.2) is 12.1 Å². The molecule has 0 heterocycles.